The van der Waals surface area contributed by atoms with Crippen LogP contribution in [0.3, 0.4) is 0 Å². The van der Waals surface area contributed by atoms with Crippen LogP contribution >= 0.6 is 23.2 Å². The highest BCUT2D eigenvalue weighted by molar-refractivity contribution is 7.89. The van der Waals surface area contributed by atoms with Gasteiger partial charge >= 0.3 is 0 Å². The molecular weight excluding hydrogens is 397 g/mol. The van der Waals surface area contributed by atoms with E-state index in [1.165, 1.54) is 35.3 Å². The maximum absolute atomic E-state index is 12.7. The van der Waals surface area contributed by atoms with E-state index >= 15 is 0 Å². The van der Waals surface area contributed by atoms with Crippen molar-refractivity contribution in [3.63, 3.8) is 0 Å². The molecule has 3 rings (SSSR count). The molecule has 0 unspecified atom stereocenters. The fraction of sp³-hybridized carbons (Fsp3) is 0.588. The zero-order chi connectivity index (χ0) is 18.9. The van der Waals surface area contributed by atoms with Gasteiger partial charge in [0.05, 0.1) is 21.5 Å². The minimum Gasteiger partial charge on any atom is -0.352 e. The highest BCUT2D eigenvalue weighted by Gasteiger charge is 2.31. The van der Waals surface area contributed by atoms with E-state index in [-0.39, 0.29) is 21.9 Å². The number of rotatable bonds is 6. The molecule has 1 saturated heterocycles. The van der Waals surface area contributed by atoms with Crippen molar-refractivity contribution >= 4 is 39.1 Å². The molecule has 0 aromatic heterocycles. The molecular formula is C17H23Cl2N3O3S. The predicted molar refractivity (Wildman–Crippen MR) is 102 cm³/mol. The molecule has 1 atom stereocenters. The van der Waals surface area contributed by atoms with E-state index in [9.17, 15) is 13.2 Å². The Balaban J connectivity index is 1.53. The summed E-state index contributed by atoms with van der Waals surface area (Å²) in [4.78, 5) is 14.2. The number of nitrogens with one attached hydrogen (secondary N) is 1. The van der Waals surface area contributed by atoms with Crippen LogP contribution in [0.25, 0.3) is 0 Å². The first-order chi connectivity index (χ1) is 12.3. The zero-order valence-electron chi connectivity index (χ0n) is 14.6. The molecule has 1 N–H and O–H groups in total. The minimum absolute atomic E-state index is 0.00481. The fourth-order valence-corrected chi connectivity index (χ4v) is 4.94. The molecule has 1 aromatic carbocycles. The van der Waals surface area contributed by atoms with Crippen LogP contribution in [0, 0.1) is 5.92 Å². The van der Waals surface area contributed by atoms with Crippen molar-refractivity contribution in [3.8, 4) is 0 Å². The zero-order valence-corrected chi connectivity index (χ0v) is 16.9. The molecule has 26 heavy (non-hydrogen) atoms. The monoisotopic (exact) mass is 419 g/mol. The number of amides is 1. The molecule has 1 saturated carbocycles. The highest BCUT2D eigenvalue weighted by Crippen LogP contribution is 2.32. The van der Waals surface area contributed by atoms with E-state index in [2.05, 4.69) is 5.32 Å². The fourth-order valence-electron chi connectivity index (χ4n) is 3.13. The van der Waals surface area contributed by atoms with E-state index in [4.69, 9.17) is 23.2 Å². The van der Waals surface area contributed by atoms with Crippen molar-refractivity contribution in [1.29, 1.82) is 0 Å². The van der Waals surface area contributed by atoms with E-state index in [0.29, 0.717) is 43.7 Å². The number of carbonyl (C=O) groups is 1. The lowest BCUT2D eigenvalue weighted by Crippen LogP contribution is -2.51. The van der Waals surface area contributed by atoms with Gasteiger partial charge in [0.25, 0.3) is 0 Å². The summed E-state index contributed by atoms with van der Waals surface area (Å²) < 4.78 is 26.9. The highest BCUT2D eigenvalue weighted by atomic mass is 35.5. The Labute approximate surface area is 164 Å². The largest absolute Gasteiger partial charge is 0.352 e. The van der Waals surface area contributed by atoms with Crippen molar-refractivity contribution in [1.82, 2.24) is 14.5 Å². The Morgan fingerprint density at radius 2 is 1.85 bits per heavy atom. The number of hydrogen-bond donors (Lipinski definition) is 1. The molecule has 1 aliphatic carbocycles. The lowest BCUT2D eigenvalue weighted by atomic mass is 10.2. The summed E-state index contributed by atoms with van der Waals surface area (Å²) in [7, 11) is -3.61. The van der Waals surface area contributed by atoms with Crippen molar-refractivity contribution in [2.45, 2.75) is 30.7 Å². The Hall–Kier alpha value is -0.860. The quantitative estimate of drug-likeness (QED) is 0.766. The first-order valence-corrected chi connectivity index (χ1v) is 10.9. The normalized spacial score (nSPS) is 20.7. The van der Waals surface area contributed by atoms with Crippen molar-refractivity contribution < 1.29 is 13.2 Å². The first kappa shape index (κ1) is 19.9. The van der Waals surface area contributed by atoms with Crippen LogP contribution < -0.4 is 5.32 Å². The lowest BCUT2D eigenvalue weighted by molar-refractivity contribution is -0.123. The van der Waals surface area contributed by atoms with E-state index in [0.717, 1.165) is 0 Å². The van der Waals surface area contributed by atoms with Crippen molar-refractivity contribution in [3.05, 3.63) is 28.2 Å². The SMILES string of the molecule is C[C@@H](NC(=O)CN1CCN(S(=O)(=O)c2ccc(Cl)c(Cl)c2)CC1)C1CC1. The van der Waals surface area contributed by atoms with Crippen LogP contribution in [-0.4, -0.2) is 62.3 Å². The van der Waals surface area contributed by atoms with Gasteiger partial charge in [0, 0.05) is 32.2 Å². The van der Waals surface area contributed by atoms with Gasteiger partial charge in [-0.15, -0.1) is 0 Å². The lowest BCUT2D eigenvalue weighted by Gasteiger charge is -2.33. The summed E-state index contributed by atoms with van der Waals surface area (Å²) in [6, 6.07) is 4.54. The van der Waals surface area contributed by atoms with Gasteiger partial charge in [-0.3, -0.25) is 9.69 Å². The molecule has 1 aromatic rings. The summed E-state index contributed by atoms with van der Waals surface area (Å²) >= 11 is 11.8. The minimum atomic E-state index is -3.61. The molecule has 1 amide bonds. The Bertz CT molecular complexity index is 775. The van der Waals surface area contributed by atoms with E-state index < -0.39 is 10.0 Å². The maximum Gasteiger partial charge on any atom is 0.243 e. The summed E-state index contributed by atoms with van der Waals surface area (Å²) in [6.45, 7) is 4.06. The standard InChI is InChI=1S/C17H23Cl2N3O3S/c1-12(13-2-3-13)20-17(23)11-21-6-8-22(9-7-21)26(24,25)14-4-5-15(18)16(19)10-14/h4-5,10,12-13H,2-3,6-9,11H2,1H3,(H,20,23)/t12-/m1/s1. The van der Waals surface area contributed by atoms with Gasteiger partial charge in [-0.2, -0.15) is 4.31 Å². The molecule has 0 spiro atoms. The van der Waals surface area contributed by atoms with Crippen LogP contribution in [0.15, 0.2) is 23.1 Å². The second kappa shape index (κ2) is 8.02. The second-order valence-electron chi connectivity index (χ2n) is 6.95. The van der Waals surface area contributed by atoms with Crippen LogP contribution in [0.5, 0.6) is 0 Å². The number of halogens is 2. The molecule has 0 radical (unpaired) electrons. The van der Waals surface area contributed by atoms with Gasteiger partial charge in [-0.1, -0.05) is 23.2 Å². The molecule has 2 aliphatic rings. The van der Waals surface area contributed by atoms with Crippen molar-refractivity contribution in [2.24, 2.45) is 5.92 Å². The first-order valence-electron chi connectivity index (χ1n) is 8.74. The van der Waals surface area contributed by atoms with Crippen LogP contribution in [0.2, 0.25) is 10.0 Å². The molecule has 1 aliphatic heterocycles. The number of sulfonamides is 1. The molecule has 144 valence electrons. The number of carbonyl (C=O) groups excluding carboxylic acids is 1. The van der Waals surface area contributed by atoms with Gasteiger partial charge in [-0.25, -0.2) is 8.42 Å². The Kier molecular flexibility index (Phi) is 6.14. The number of benzene rings is 1. The van der Waals surface area contributed by atoms with Crippen LogP contribution in [0.1, 0.15) is 19.8 Å². The third-order valence-corrected chi connectivity index (χ3v) is 7.58. The molecule has 2 fully saturated rings. The summed E-state index contributed by atoms with van der Waals surface area (Å²) in [5.74, 6) is 0.623. The van der Waals surface area contributed by atoms with Gasteiger partial charge in [0.15, 0.2) is 0 Å². The summed E-state index contributed by atoms with van der Waals surface area (Å²) in [5, 5.41) is 3.57. The smallest absolute Gasteiger partial charge is 0.243 e. The van der Waals surface area contributed by atoms with Gasteiger partial charge in [0.2, 0.25) is 15.9 Å². The molecule has 1 heterocycles. The third-order valence-electron chi connectivity index (χ3n) is 4.95. The summed E-state index contributed by atoms with van der Waals surface area (Å²) in [5.41, 5.74) is 0. The second-order valence-corrected chi connectivity index (χ2v) is 9.70. The van der Waals surface area contributed by atoms with Crippen LogP contribution in [0.4, 0.5) is 0 Å². The van der Waals surface area contributed by atoms with E-state index in [1.54, 1.807) is 0 Å². The molecule has 0 bridgehead atoms. The number of hydrogen-bond acceptors (Lipinski definition) is 4. The summed E-state index contributed by atoms with van der Waals surface area (Å²) in [6.07, 6.45) is 2.37. The number of piperazine rings is 1. The average molecular weight is 420 g/mol. The van der Waals surface area contributed by atoms with Crippen molar-refractivity contribution in [2.75, 3.05) is 32.7 Å². The molecule has 9 heteroatoms. The topological polar surface area (TPSA) is 69.7 Å². The number of nitrogens with zero attached hydrogens (tertiary/aromatic N) is 2. The van der Waals surface area contributed by atoms with Crippen LogP contribution in [-0.2, 0) is 14.8 Å². The Morgan fingerprint density at radius 3 is 2.42 bits per heavy atom. The third kappa shape index (κ3) is 4.70. The van der Waals surface area contributed by atoms with Gasteiger partial charge < -0.3 is 5.32 Å². The average Bonchev–Trinajstić information content (AvgIpc) is 3.42. The van der Waals surface area contributed by atoms with Gasteiger partial charge in [-0.05, 0) is 43.9 Å². The Morgan fingerprint density at radius 1 is 1.19 bits per heavy atom. The predicted octanol–water partition coefficient (Wildman–Crippen LogP) is 2.21. The molecule has 6 nitrogen and oxygen atoms in total. The maximum atomic E-state index is 12.7. The van der Waals surface area contributed by atoms with Gasteiger partial charge in [0.1, 0.15) is 0 Å². The van der Waals surface area contributed by atoms with E-state index in [1.807, 2.05) is 11.8 Å².